The molecule has 0 radical (unpaired) electrons. The Hall–Kier alpha value is -2.06. The van der Waals surface area contributed by atoms with E-state index in [1.807, 2.05) is 56.8 Å². The van der Waals surface area contributed by atoms with Crippen LogP contribution in [0, 0.1) is 0 Å². The van der Waals surface area contributed by atoms with Crippen molar-refractivity contribution in [2.45, 2.75) is 90.6 Å². The van der Waals surface area contributed by atoms with Crippen molar-refractivity contribution in [1.29, 1.82) is 0 Å². The molecule has 0 bridgehead atoms. The Morgan fingerprint density at radius 2 is 1.63 bits per heavy atom. The highest BCUT2D eigenvalue weighted by Gasteiger charge is 2.26. The Morgan fingerprint density at radius 1 is 1.03 bits per heavy atom. The van der Waals surface area contributed by atoms with Gasteiger partial charge < -0.3 is 30.4 Å². The summed E-state index contributed by atoms with van der Waals surface area (Å²) < 4.78 is 13.1. The van der Waals surface area contributed by atoms with Crippen molar-refractivity contribution in [1.82, 2.24) is 15.2 Å². The van der Waals surface area contributed by atoms with Crippen LogP contribution in [0.1, 0.15) is 61.3 Å². The summed E-state index contributed by atoms with van der Waals surface area (Å²) in [6.45, 7) is 14.5. The van der Waals surface area contributed by atoms with Gasteiger partial charge in [0.1, 0.15) is 11.6 Å². The molecule has 172 valence electrons. The van der Waals surface area contributed by atoms with Gasteiger partial charge in [0.15, 0.2) is 0 Å². The molecule has 1 aromatic rings. The van der Waals surface area contributed by atoms with Gasteiger partial charge in [-0.25, -0.2) is 4.79 Å². The van der Waals surface area contributed by atoms with E-state index < -0.39 is 23.3 Å². The topological polar surface area (TPSA) is 108 Å². The molecule has 0 fully saturated rings. The molecule has 1 unspecified atom stereocenters. The molecule has 8 nitrogen and oxygen atoms in total. The lowest BCUT2D eigenvalue weighted by atomic mass is 10.0. The van der Waals surface area contributed by atoms with Gasteiger partial charge in [-0.05, 0) is 73.4 Å². The molecule has 0 saturated heterocycles. The third-order valence-electron chi connectivity index (χ3n) is 4.33. The minimum atomic E-state index is -0.755. The lowest BCUT2D eigenvalue weighted by Gasteiger charge is -2.28. The van der Waals surface area contributed by atoms with Crippen LogP contribution < -0.4 is 16.4 Å². The van der Waals surface area contributed by atoms with Gasteiger partial charge in [-0.15, -0.1) is 0 Å². The summed E-state index contributed by atoms with van der Waals surface area (Å²) in [7, 11) is 0. The van der Waals surface area contributed by atoms with Crippen LogP contribution in [0.4, 0.5) is 4.79 Å². The van der Waals surface area contributed by atoms with Crippen LogP contribution in [0.5, 0.6) is 0 Å². The number of hydrogen-bond donors (Lipinski definition) is 3. The normalized spacial score (nSPS) is 13.6. The van der Waals surface area contributed by atoms with Gasteiger partial charge in [-0.1, -0.05) is 0 Å². The second-order valence-corrected chi connectivity index (χ2v) is 9.97. The number of rotatable bonds is 11. The number of alkyl carbamates (subject to hydrolysis) is 1. The molecular formula is C22H40N4O4. The fraction of sp³-hybridized carbons (Fsp3) is 0.727. The molecule has 4 N–H and O–H groups in total. The number of amides is 2. The molecule has 1 aromatic heterocycles. The van der Waals surface area contributed by atoms with E-state index in [1.54, 1.807) is 20.8 Å². The van der Waals surface area contributed by atoms with Crippen molar-refractivity contribution < 1.29 is 19.1 Å². The van der Waals surface area contributed by atoms with E-state index in [4.69, 9.17) is 15.2 Å². The van der Waals surface area contributed by atoms with Crippen LogP contribution in [-0.2, 0) is 20.8 Å². The highest BCUT2D eigenvalue weighted by molar-refractivity contribution is 5.85. The zero-order valence-electron chi connectivity index (χ0n) is 19.6. The van der Waals surface area contributed by atoms with Gasteiger partial charge in [0.2, 0.25) is 5.91 Å². The number of nitrogens with one attached hydrogen (secondary N) is 2. The first-order valence-corrected chi connectivity index (χ1v) is 10.5. The molecule has 0 saturated carbocycles. The molecule has 0 aromatic carbocycles. The van der Waals surface area contributed by atoms with Gasteiger partial charge in [-0.2, -0.15) is 0 Å². The van der Waals surface area contributed by atoms with Crippen LogP contribution in [0.3, 0.4) is 0 Å². The minimum absolute atomic E-state index is 0.270. The smallest absolute Gasteiger partial charge is 0.408 e. The van der Waals surface area contributed by atoms with Gasteiger partial charge in [-0.3, -0.25) is 4.79 Å². The largest absolute Gasteiger partial charge is 0.444 e. The monoisotopic (exact) mass is 424 g/mol. The Bertz CT molecular complexity index is 658. The summed E-state index contributed by atoms with van der Waals surface area (Å²) in [5, 5.41) is 5.57. The summed E-state index contributed by atoms with van der Waals surface area (Å²) in [4.78, 5) is 24.9. The van der Waals surface area contributed by atoms with Crippen molar-refractivity contribution in [2.24, 2.45) is 5.73 Å². The summed E-state index contributed by atoms with van der Waals surface area (Å²) in [5.41, 5.74) is 4.68. The van der Waals surface area contributed by atoms with Crippen LogP contribution in [0.25, 0.3) is 0 Å². The minimum Gasteiger partial charge on any atom is -0.444 e. The van der Waals surface area contributed by atoms with Crippen LogP contribution in [0.2, 0.25) is 0 Å². The lowest BCUT2D eigenvalue weighted by molar-refractivity contribution is -0.123. The maximum Gasteiger partial charge on any atom is 0.408 e. The summed E-state index contributed by atoms with van der Waals surface area (Å²) in [6, 6.07) is 2.98. The molecular weight excluding hydrogens is 384 g/mol. The van der Waals surface area contributed by atoms with E-state index in [9.17, 15) is 9.59 Å². The molecule has 8 heteroatoms. The van der Waals surface area contributed by atoms with E-state index in [0.29, 0.717) is 26.1 Å². The van der Waals surface area contributed by atoms with Crippen LogP contribution in [-0.4, -0.2) is 52.5 Å². The fourth-order valence-corrected chi connectivity index (χ4v) is 2.62. The van der Waals surface area contributed by atoms with Crippen LogP contribution >= 0.6 is 0 Å². The van der Waals surface area contributed by atoms with Crippen molar-refractivity contribution >= 4 is 12.0 Å². The van der Waals surface area contributed by atoms with E-state index in [0.717, 1.165) is 6.42 Å². The van der Waals surface area contributed by atoms with Crippen molar-refractivity contribution in [3.8, 4) is 0 Å². The summed E-state index contributed by atoms with van der Waals surface area (Å²) in [5.74, 6) is -0.270. The number of nitrogens with two attached hydrogens (primary N) is 1. The van der Waals surface area contributed by atoms with Gasteiger partial charge in [0.25, 0.3) is 0 Å². The SMILES string of the molecule is CC(C)(N)CCOC(C)(C)CCNC(=O)C(Cn1cccc1)NC(=O)OC(C)(C)C. The molecule has 1 rings (SSSR count). The first-order chi connectivity index (χ1) is 13.7. The predicted molar refractivity (Wildman–Crippen MR) is 118 cm³/mol. The maximum absolute atomic E-state index is 12.7. The Balaban J connectivity index is 2.58. The number of aromatic nitrogens is 1. The number of hydrogen-bond acceptors (Lipinski definition) is 5. The highest BCUT2D eigenvalue weighted by Crippen LogP contribution is 2.16. The molecule has 0 aliphatic heterocycles. The maximum atomic E-state index is 12.7. The number of nitrogens with zero attached hydrogens (tertiary/aromatic N) is 1. The van der Waals surface area contributed by atoms with Gasteiger partial charge in [0, 0.05) is 31.1 Å². The standard InChI is InChI=1S/C22H40N4O4/c1-20(2,3)30-19(28)25-17(16-26-13-8-9-14-26)18(27)24-12-10-22(6,7)29-15-11-21(4,5)23/h8-9,13-14,17H,10-12,15-16,23H2,1-7H3,(H,24,27)(H,25,28). The molecule has 0 aliphatic rings. The van der Waals surface area contributed by atoms with Gasteiger partial charge >= 0.3 is 6.09 Å². The first-order valence-electron chi connectivity index (χ1n) is 10.5. The Kier molecular flexibility index (Phi) is 9.36. The predicted octanol–water partition coefficient (Wildman–Crippen LogP) is 2.81. The molecule has 30 heavy (non-hydrogen) atoms. The average Bonchev–Trinajstić information content (AvgIpc) is 3.03. The van der Waals surface area contributed by atoms with E-state index >= 15 is 0 Å². The Labute approximate surface area is 180 Å². The van der Waals surface area contributed by atoms with Crippen molar-refractivity contribution in [2.75, 3.05) is 13.2 Å². The van der Waals surface area contributed by atoms with Crippen molar-refractivity contribution in [3.05, 3.63) is 24.5 Å². The second-order valence-electron chi connectivity index (χ2n) is 9.97. The fourth-order valence-electron chi connectivity index (χ4n) is 2.62. The molecule has 0 spiro atoms. The molecule has 1 heterocycles. The second kappa shape index (κ2) is 10.8. The van der Waals surface area contributed by atoms with E-state index in [2.05, 4.69) is 10.6 Å². The third kappa shape index (κ3) is 11.8. The number of carbonyl (C=O) groups excluding carboxylic acids is 2. The highest BCUT2D eigenvalue weighted by atomic mass is 16.6. The third-order valence-corrected chi connectivity index (χ3v) is 4.33. The first kappa shape index (κ1) is 26.0. The quantitative estimate of drug-likeness (QED) is 0.506. The summed E-state index contributed by atoms with van der Waals surface area (Å²) in [6.07, 6.45) is 4.44. The van der Waals surface area contributed by atoms with Gasteiger partial charge in [0.05, 0.1) is 12.1 Å². The number of ether oxygens (including phenoxy) is 2. The zero-order chi connectivity index (χ0) is 23.0. The number of carbonyl (C=O) groups is 2. The van der Waals surface area contributed by atoms with E-state index in [-0.39, 0.29) is 11.4 Å². The molecule has 2 amide bonds. The van der Waals surface area contributed by atoms with Crippen LogP contribution in [0.15, 0.2) is 24.5 Å². The summed E-state index contributed by atoms with van der Waals surface area (Å²) >= 11 is 0. The zero-order valence-corrected chi connectivity index (χ0v) is 19.6. The van der Waals surface area contributed by atoms with E-state index in [1.165, 1.54) is 0 Å². The molecule has 0 aliphatic carbocycles. The molecule has 1 atom stereocenters. The average molecular weight is 425 g/mol. The Morgan fingerprint density at radius 3 is 2.17 bits per heavy atom. The lowest BCUT2D eigenvalue weighted by Crippen LogP contribution is -2.50. The van der Waals surface area contributed by atoms with Crippen molar-refractivity contribution in [3.63, 3.8) is 0 Å².